The van der Waals surface area contributed by atoms with E-state index < -0.39 is 6.10 Å². The van der Waals surface area contributed by atoms with Crippen molar-refractivity contribution in [2.24, 2.45) is 0 Å². The standard InChI is InChI=1S/C24H23Cl2NO5/c1-4-12-30-21-9-6-17(14-22(21)29-3)10-11-27-24(28)23(31-13-5-2)16-32-18-7-8-19(25)20(26)15-18/h1-2,6-9,14-15,23H,10-13,16H2,3H3,(H,27,28)/t23-/m0/s1. The number of amides is 1. The van der Waals surface area contributed by atoms with Crippen LogP contribution >= 0.6 is 23.2 Å². The summed E-state index contributed by atoms with van der Waals surface area (Å²) in [6, 6.07) is 10.3. The van der Waals surface area contributed by atoms with Gasteiger partial charge in [0.05, 0.1) is 17.2 Å². The average molecular weight is 476 g/mol. The van der Waals surface area contributed by atoms with Gasteiger partial charge < -0.3 is 24.3 Å². The molecule has 0 unspecified atom stereocenters. The molecule has 0 aliphatic heterocycles. The van der Waals surface area contributed by atoms with E-state index in [1.165, 1.54) is 0 Å². The summed E-state index contributed by atoms with van der Waals surface area (Å²) in [5.74, 6) is 5.99. The summed E-state index contributed by atoms with van der Waals surface area (Å²) >= 11 is 11.9. The van der Waals surface area contributed by atoms with Gasteiger partial charge in [0.1, 0.15) is 25.6 Å². The molecule has 1 amide bonds. The lowest BCUT2D eigenvalue weighted by molar-refractivity contribution is -0.133. The monoisotopic (exact) mass is 475 g/mol. The smallest absolute Gasteiger partial charge is 0.252 e. The van der Waals surface area contributed by atoms with Gasteiger partial charge in [0.25, 0.3) is 5.91 Å². The minimum absolute atomic E-state index is 0.0286. The summed E-state index contributed by atoms with van der Waals surface area (Å²) in [7, 11) is 1.55. The average Bonchev–Trinajstić information content (AvgIpc) is 2.80. The van der Waals surface area contributed by atoms with E-state index in [0.29, 0.717) is 40.3 Å². The molecule has 2 rings (SSSR count). The second-order valence-corrected chi connectivity index (χ2v) is 7.22. The first kappa shape index (κ1) is 25.2. The van der Waals surface area contributed by atoms with Crippen LogP contribution in [0.5, 0.6) is 17.2 Å². The molecule has 2 aromatic rings. The SMILES string of the molecule is C#CCOc1ccc(CCNC(=O)[C@H](COc2ccc(Cl)c(Cl)c2)OCC#C)cc1OC. The molecule has 6 nitrogen and oxygen atoms in total. The summed E-state index contributed by atoms with van der Waals surface area (Å²) in [6.45, 7) is 0.448. The molecule has 0 aliphatic rings. The van der Waals surface area contributed by atoms with Crippen LogP contribution in [-0.4, -0.2) is 45.5 Å². The van der Waals surface area contributed by atoms with Crippen molar-refractivity contribution in [3.05, 3.63) is 52.0 Å². The summed E-state index contributed by atoms with van der Waals surface area (Å²) in [5, 5.41) is 3.58. The van der Waals surface area contributed by atoms with Gasteiger partial charge in [-0.1, -0.05) is 41.1 Å². The predicted octanol–water partition coefficient (Wildman–Crippen LogP) is 3.77. The molecular weight excluding hydrogens is 453 g/mol. The van der Waals surface area contributed by atoms with Gasteiger partial charge >= 0.3 is 0 Å². The van der Waals surface area contributed by atoms with Crippen molar-refractivity contribution in [2.45, 2.75) is 12.5 Å². The first-order valence-electron chi connectivity index (χ1n) is 9.62. The van der Waals surface area contributed by atoms with E-state index in [-0.39, 0.29) is 25.7 Å². The van der Waals surface area contributed by atoms with Gasteiger partial charge in [0.15, 0.2) is 17.6 Å². The molecule has 0 saturated heterocycles. The van der Waals surface area contributed by atoms with Crippen molar-refractivity contribution in [1.82, 2.24) is 5.32 Å². The van der Waals surface area contributed by atoms with Crippen LogP contribution in [0.1, 0.15) is 5.56 Å². The number of hydrogen-bond donors (Lipinski definition) is 1. The molecule has 2 aromatic carbocycles. The van der Waals surface area contributed by atoms with E-state index in [1.54, 1.807) is 31.4 Å². The van der Waals surface area contributed by atoms with Crippen molar-refractivity contribution in [1.29, 1.82) is 0 Å². The molecule has 0 aromatic heterocycles. The number of terminal acetylenes is 2. The van der Waals surface area contributed by atoms with Crippen LogP contribution < -0.4 is 19.5 Å². The first-order chi connectivity index (χ1) is 15.5. The zero-order valence-corrected chi connectivity index (χ0v) is 19.0. The first-order valence-corrected chi connectivity index (χ1v) is 10.4. The van der Waals surface area contributed by atoms with Gasteiger partial charge in [-0.2, -0.15) is 0 Å². The molecule has 0 heterocycles. The normalized spacial score (nSPS) is 11.0. The highest BCUT2D eigenvalue weighted by atomic mass is 35.5. The Morgan fingerprint density at radius 2 is 1.81 bits per heavy atom. The quantitative estimate of drug-likeness (QED) is 0.473. The number of methoxy groups -OCH3 is 1. The van der Waals surface area contributed by atoms with Crippen LogP contribution in [0.3, 0.4) is 0 Å². The highest BCUT2D eigenvalue weighted by Gasteiger charge is 2.20. The summed E-state index contributed by atoms with van der Waals surface area (Å²) in [6.07, 6.45) is 10.1. The van der Waals surface area contributed by atoms with Gasteiger partial charge in [-0.3, -0.25) is 4.79 Å². The Kier molecular flexibility index (Phi) is 10.6. The van der Waals surface area contributed by atoms with E-state index in [2.05, 4.69) is 17.2 Å². The minimum Gasteiger partial charge on any atom is -0.493 e. The zero-order chi connectivity index (χ0) is 23.3. The van der Waals surface area contributed by atoms with Crippen LogP contribution in [0.4, 0.5) is 0 Å². The van der Waals surface area contributed by atoms with Crippen LogP contribution in [0.15, 0.2) is 36.4 Å². The highest BCUT2D eigenvalue weighted by Crippen LogP contribution is 2.28. The van der Waals surface area contributed by atoms with E-state index >= 15 is 0 Å². The number of halogens is 2. The van der Waals surface area contributed by atoms with Crippen LogP contribution in [0, 0.1) is 24.7 Å². The number of rotatable bonds is 12. The van der Waals surface area contributed by atoms with Gasteiger partial charge in [0, 0.05) is 12.6 Å². The molecule has 168 valence electrons. The van der Waals surface area contributed by atoms with Gasteiger partial charge in [-0.25, -0.2) is 0 Å². The van der Waals surface area contributed by atoms with E-state index in [4.69, 9.17) is 55.0 Å². The van der Waals surface area contributed by atoms with Crippen molar-refractivity contribution in [2.75, 3.05) is 33.5 Å². The third kappa shape index (κ3) is 7.90. The molecule has 0 saturated carbocycles. The number of hydrogen-bond acceptors (Lipinski definition) is 5. The lowest BCUT2D eigenvalue weighted by Gasteiger charge is -2.17. The molecular formula is C24H23Cl2NO5. The second-order valence-electron chi connectivity index (χ2n) is 6.41. The maximum atomic E-state index is 12.6. The largest absolute Gasteiger partial charge is 0.493 e. The van der Waals surface area contributed by atoms with Crippen molar-refractivity contribution >= 4 is 29.1 Å². The molecule has 1 N–H and O–H groups in total. The molecule has 0 bridgehead atoms. The second kappa shape index (κ2) is 13.4. The number of carbonyl (C=O) groups is 1. The third-order valence-corrected chi connectivity index (χ3v) is 4.94. The maximum Gasteiger partial charge on any atom is 0.252 e. The van der Waals surface area contributed by atoms with Gasteiger partial charge in [-0.05, 0) is 36.2 Å². The molecule has 0 aliphatic carbocycles. The van der Waals surface area contributed by atoms with E-state index in [0.717, 1.165) is 5.56 Å². The fourth-order valence-corrected chi connectivity index (χ4v) is 2.92. The molecule has 0 fully saturated rings. The Bertz CT molecular complexity index is 997. The molecule has 0 radical (unpaired) electrons. The number of benzene rings is 2. The topological polar surface area (TPSA) is 66.0 Å². The molecule has 8 heteroatoms. The molecule has 0 spiro atoms. The Hall–Kier alpha value is -3.03. The van der Waals surface area contributed by atoms with Crippen molar-refractivity contribution in [3.63, 3.8) is 0 Å². The van der Waals surface area contributed by atoms with Crippen LogP contribution in [0.25, 0.3) is 0 Å². The lowest BCUT2D eigenvalue weighted by atomic mass is 10.1. The summed E-state index contributed by atoms with van der Waals surface area (Å²) < 4.78 is 21.8. The predicted molar refractivity (Wildman–Crippen MR) is 125 cm³/mol. The number of nitrogens with one attached hydrogen (secondary N) is 1. The van der Waals surface area contributed by atoms with Crippen molar-refractivity contribution in [3.8, 4) is 41.9 Å². The van der Waals surface area contributed by atoms with Crippen molar-refractivity contribution < 1.29 is 23.7 Å². The molecule has 32 heavy (non-hydrogen) atoms. The Morgan fingerprint density at radius 3 is 2.50 bits per heavy atom. The highest BCUT2D eigenvalue weighted by molar-refractivity contribution is 6.42. The fourth-order valence-electron chi connectivity index (χ4n) is 2.64. The Morgan fingerprint density at radius 1 is 1.03 bits per heavy atom. The van der Waals surface area contributed by atoms with Crippen LogP contribution in [0.2, 0.25) is 10.0 Å². The van der Waals surface area contributed by atoms with Gasteiger partial charge in [-0.15, -0.1) is 12.8 Å². The number of ether oxygens (including phenoxy) is 4. The third-order valence-electron chi connectivity index (χ3n) is 4.20. The fraction of sp³-hybridized carbons (Fsp3) is 0.292. The van der Waals surface area contributed by atoms with E-state index in [1.807, 2.05) is 12.1 Å². The number of carbonyl (C=O) groups excluding carboxylic acids is 1. The lowest BCUT2D eigenvalue weighted by Crippen LogP contribution is -2.41. The minimum atomic E-state index is -0.894. The Labute approximate surface area is 198 Å². The molecule has 1 atom stereocenters. The maximum absolute atomic E-state index is 12.6. The van der Waals surface area contributed by atoms with E-state index in [9.17, 15) is 4.79 Å². The zero-order valence-electron chi connectivity index (χ0n) is 17.5. The summed E-state index contributed by atoms with van der Waals surface area (Å²) in [5.41, 5.74) is 0.948. The van der Waals surface area contributed by atoms with Gasteiger partial charge in [0.2, 0.25) is 0 Å². The summed E-state index contributed by atoms with van der Waals surface area (Å²) in [4.78, 5) is 12.6. The van der Waals surface area contributed by atoms with Crippen LogP contribution in [-0.2, 0) is 16.0 Å². The Balaban J connectivity index is 1.91.